The molecule has 0 unspecified atom stereocenters. The van der Waals surface area contributed by atoms with Gasteiger partial charge in [-0.15, -0.1) is 0 Å². The fourth-order valence-corrected chi connectivity index (χ4v) is 10.1. The van der Waals surface area contributed by atoms with Crippen molar-refractivity contribution in [3.63, 3.8) is 0 Å². The number of amides is 2. The molecule has 2 amide bonds. The predicted octanol–water partition coefficient (Wildman–Crippen LogP) is 7.93. The number of rotatable bonds is 10. The van der Waals surface area contributed by atoms with Crippen LogP contribution < -0.4 is 10.6 Å². The van der Waals surface area contributed by atoms with E-state index in [0.29, 0.717) is 56.7 Å². The fraction of sp³-hybridized carbons (Fsp3) is 0.465. The molecule has 2 N–H and O–H groups in total. The van der Waals surface area contributed by atoms with Crippen molar-refractivity contribution in [1.82, 2.24) is 24.3 Å². The van der Waals surface area contributed by atoms with Crippen molar-refractivity contribution in [3.05, 3.63) is 92.7 Å². The van der Waals surface area contributed by atoms with Crippen molar-refractivity contribution in [3.8, 4) is 11.1 Å². The van der Waals surface area contributed by atoms with E-state index in [1.54, 1.807) is 30.5 Å². The van der Waals surface area contributed by atoms with Gasteiger partial charge in [-0.3, -0.25) is 29.2 Å². The third-order valence-corrected chi connectivity index (χ3v) is 13.8. The number of benzene rings is 2. The Kier molecular flexibility index (Phi) is 10.5. The minimum Gasteiger partial charge on any atom is -0.469 e. The number of fused-ring (bicyclic) bond motifs is 4. The molecule has 2 aliphatic heterocycles. The molecule has 4 aliphatic rings. The number of methoxy groups -OCH3 is 1. The van der Waals surface area contributed by atoms with Crippen LogP contribution in [0.25, 0.3) is 11.1 Å². The van der Waals surface area contributed by atoms with Gasteiger partial charge in [-0.2, -0.15) is 0 Å². The van der Waals surface area contributed by atoms with Crippen LogP contribution in [0.15, 0.2) is 48.7 Å². The van der Waals surface area contributed by atoms with Crippen molar-refractivity contribution in [2.45, 2.75) is 84.3 Å². The largest absolute Gasteiger partial charge is 0.469 e. The zero-order valence-corrected chi connectivity index (χ0v) is 34.0. The summed E-state index contributed by atoms with van der Waals surface area (Å²) in [5.74, 6) is -0.422. The van der Waals surface area contributed by atoms with Crippen molar-refractivity contribution in [2.75, 3.05) is 37.4 Å². The summed E-state index contributed by atoms with van der Waals surface area (Å²) in [6, 6.07) is 13.1. The van der Waals surface area contributed by atoms with E-state index >= 15 is 0 Å². The molecule has 294 valence electrons. The number of nitrogens with zero attached hydrogens (tertiary/aromatic N) is 5. The number of imidazole rings is 1. The van der Waals surface area contributed by atoms with Gasteiger partial charge in [0.1, 0.15) is 5.69 Å². The monoisotopic (exact) mass is 797 g/mol. The average Bonchev–Trinajstić information content (AvgIpc) is 3.88. The van der Waals surface area contributed by atoms with Crippen LogP contribution in [0.2, 0.25) is 10.0 Å². The molecule has 2 bridgehead atoms. The van der Waals surface area contributed by atoms with E-state index in [2.05, 4.69) is 39.3 Å². The van der Waals surface area contributed by atoms with Gasteiger partial charge in [-0.1, -0.05) is 47.5 Å². The number of anilines is 2. The molecule has 2 aromatic carbocycles. The van der Waals surface area contributed by atoms with Crippen LogP contribution in [0.1, 0.15) is 96.0 Å². The highest BCUT2D eigenvalue weighted by atomic mass is 35.5. The second kappa shape index (κ2) is 15.2. The molecular weight excluding hydrogens is 749 g/mol. The van der Waals surface area contributed by atoms with E-state index < -0.39 is 0 Å². The third kappa shape index (κ3) is 7.12. The normalized spacial score (nSPS) is 21.8. The number of carbonyl (C=O) groups is 3. The highest BCUT2D eigenvalue weighted by Crippen LogP contribution is 2.63. The lowest BCUT2D eigenvalue weighted by molar-refractivity contribution is -0.152. The Balaban J connectivity index is 0.928. The predicted molar refractivity (Wildman–Crippen MR) is 218 cm³/mol. The van der Waals surface area contributed by atoms with E-state index in [0.717, 1.165) is 100 Å². The quantitative estimate of drug-likeness (QED) is 0.155. The average molecular weight is 799 g/mol. The zero-order valence-electron chi connectivity index (χ0n) is 32.5. The summed E-state index contributed by atoms with van der Waals surface area (Å²) in [5.41, 5.74) is 6.59. The van der Waals surface area contributed by atoms with Gasteiger partial charge in [-0.05, 0) is 100 Å². The SMILES string of the molecule is COC(=O)C12CCC(CCN3CCc4c(nc(C(=O)Nc5cccc(-c6cccc(NC(=O)c7cc8c(cn7)CN(C(C)C)CC8)c6Cl)c5Cl)n4C)C3)(CC1)C2. The maximum Gasteiger partial charge on any atom is 0.311 e. The maximum atomic E-state index is 13.8. The van der Waals surface area contributed by atoms with Crippen molar-refractivity contribution < 1.29 is 19.1 Å². The van der Waals surface area contributed by atoms with Crippen LogP contribution in [0.4, 0.5) is 11.4 Å². The molecule has 2 fully saturated rings. The molecule has 2 aliphatic carbocycles. The zero-order chi connectivity index (χ0) is 39.4. The molecule has 0 atom stereocenters. The minimum absolute atomic E-state index is 0.0385. The lowest BCUT2D eigenvalue weighted by Gasteiger charge is -2.32. The summed E-state index contributed by atoms with van der Waals surface area (Å²) < 4.78 is 7.05. The maximum absolute atomic E-state index is 13.8. The molecule has 56 heavy (non-hydrogen) atoms. The minimum atomic E-state index is -0.357. The molecule has 0 spiro atoms. The van der Waals surface area contributed by atoms with Gasteiger partial charge in [0.05, 0.1) is 39.6 Å². The van der Waals surface area contributed by atoms with Gasteiger partial charge in [0.25, 0.3) is 11.8 Å². The fourth-order valence-electron chi connectivity index (χ4n) is 9.60. The van der Waals surface area contributed by atoms with Crippen molar-refractivity contribution in [2.24, 2.45) is 17.9 Å². The molecular formula is C43H49Cl2N7O4. The molecule has 0 radical (unpaired) electrons. The Labute approximate surface area is 338 Å². The third-order valence-electron chi connectivity index (χ3n) is 13.0. The summed E-state index contributed by atoms with van der Waals surface area (Å²) in [5, 5.41) is 6.56. The number of pyridine rings is 1. The summed E-state index contributed by atoms with van der Waals surface area (Å²) in [6.45, 7) is 8.64. The van der Waals surface area contributed by atoms with E-state index in [4.69, 9.17) is 32.9 Å². The van der Waals surface area contributed by atoms with E-state index in [1.165, 1.54) is 7.11 Å². The van der Waals surface area contributed by atoms with Gasteiger partial charge < -0.3 is 19.9 Å². The topological polar surface area (TPSA) is 122 Å². The summed E-state index contributed by atoms with van der Waals surface area (Å²) in [4.78, 5) is 53.8. The van der Waals surface area contributed by atoms with Crippen LogP contribution in [0.3, 0.4) is 0 Å². The van der Waals surface area contributed by atoms with Gasteiger partial charge in [0.15, 0.2) is 5.82 Å². The second-order valence-electron chi connectivity index (χ2n) is 16.5. The standard InChI is InChI=1S/C43H49Cl2N7O4/c1-26(2)52-19-11-27-21-33(46-22-28(27)23-52)39(53)48-31-9-5-7-29(36(31)44)30-8-6-10-32(37(30)45)49-40(54)38-47-34-24-51(18-12-35(34)50(38)3)20-17-42-13-15-43(25-42,16-14-42)41(55)56-4/h5-10,21-22,26H,11-20,23-25H2,1-4H3,(H,48,53)(H,49,54). The molecule has 13 heteroatoms. The van der Waals surface area contributed by atoms with E-state index in [9.17, 15) is 14.4 Å². The number of nitrogens with one attached hydrogen (secondary N) is 2. The first kappa shape index (κ1) is 38.6. The van der Waals surface area contributed by atoms with Crippen molar-refractivity contribution >= 4 is 52.4 Å². The molecule has 4 heterocycles. The highest BCUT2D eigenvalue weighted by Gasteiger charge is 2.58. The summed E-state index contributed by atoms with van der Waals surface area (Å²) in [7, 11) is 3.39. The molecule has 2 aromatic heterocycles. The van der Waals surface area contributed by atoms with Crippen molar-refractivity contribution in [1.29, 1.82) is 0 Å². The van der Waals surface area contributed by atoms with Gasteiger partial charge >= 0.3 is 5.97 Å². The number of esters is 1. The highest BCUT2D eigenvalue weighted by molar-refractivity contribution is 6.40. The Hall–Kier alpha value is -4.29. The Morgan fingerprint density at radius 1 is 0.893 bits per heavy atom. The van der Waals surface area contributed by atoms with E-state index in [-0.39, 0.29) is 28.6 Å². The Morgan fingerprint density at radius 3 is 2.23 bits per heavy atom. The first-order chi connectivity index (χ1) is 26.9. The number of ether oxygens (including phenoxy) is 1. The number of aromatic nitrogens is 3. The summed E-state index contributed by atoms with van der Waals surface area (Å²) >= 11 is 13.9. The van der Waals surface area contributed by atoms with Gasteiger partial charge in [0.2, 0.25) is 0 Å². The lowest BCUT2D eigenvalue weighted by Crippen LogP contribution is -2.36. The molecule has 0 saturated heterocycles. The Bertz CT molecular complexity index is 2210. The first-order valence-electron chi connectivity index (χ1n) is 19.7. The number of hydrogen-bond acceptors (Lipinski definition) is 8. The summed E-state index contributed by atoms with van der Waals surface area (Å²) in [6.07, 6.45) is 9.47. The number of hydrogen-bond donors (Lipinski definition) is 2. The lowest BCUT2D eigenvalue weighted by atomic mass is 9.80. The van der Waals surface area contributed by atoms with Gasteiger partial charge in [-0.25, -0.2) is 4.98 Å². The van der Waals surface area contributed by atoms with E-state index in [1.807, 2.05) is 29.8 Å². The number of carbonyl (C=O) groups excluding carboxylic acids is 3. The van der Waals surface area contributed by atoms with Crippen LogP contribution in [0, 0.1) is 10.8 Å². The number of halogens is 2. The first-order valence-corrected chi connectivity index (χ1v) is 20.4. The van der Waals surface area contributed by atoms with Gasteiger partial charge in [0, 0.05) is 68.7 Å². The molecule has 8 rings (SSSR count). The van der Waals surface area contributed by atoms with Crippen LogP contribution in [-0.2, 0) is 42.5 Å². The van der Waals surface area contributed by atoms with Crippen LogP contribution in [0.5, 0.6) is 0 Å². The molecule has 2 saturated carbocycles. The molecule has 11 nitrogen and oxygen atoms in total. The Morgan fingerprint density at radius 2 is 1.57 bits per heavy atom. The smallest absolute Gasteiger partial charge is 0.311 e. The van der Waals surface area contributed by atoms with Crippen LogP contribution >= 0.6 is 23.2 Å². The van der Waals surface area contributed by atoms with Crippen LogP contribution in [-0.4, -0.2) is 74.9 Å². The molecule has 4 aromatic rings. The second-order valence-corrected chi connectivity index (χ2v) is 17.3.